The highest BCUT2D eigenvalue weighted by Crippen LogP contribution is 2.13. The van der Waals surface area contributed by atoms with Gasteiger partial charge in [0.25, 0.3) is 0 Å². The van der Waals surface area contributed by atoms with Gasteiger partial charge in [0.05, 0.1) is 18.1 Å². The lowest BCUT2D eigenvalue weighted by atomic mass is 10.1. The van der Waals surface area contributed by atoms with Crippen LogP contribution < -0.4 is 5.32 Å². The highest BCUT2D eigenvalue weighted by molar-refractivity contribution is 5.02. The Morgan fingerprint density at radius 2 is 2.31 bits per heavy atom. The van der Waals surface area contributed by atoms with E-state index in [0.29, 0.717) is 6.04 Å². The molecule has 3 heteroatoms. The average Bonchev–Trinajstić information content (AvgIpc) is 2.54. The number of aryl methyl sites for hydroxylation is 1. The third kappa shape index (κ3) is 2.84. The topological polar surface area (TPSA) is 29.9 Å². The Balaban J connectivity index is 2.56. The van der Waals surface area contributed by atoms with Gasteiger partial charge < -0.3 is 9.88 Å². The Morgan fingerprint density at radius 1 is 1.54 bits per heavy atom. The molecule has 1 aromatic heterocycles. The quantitative estimate of drug-likeness (QED) is 0.751. The summed E-state index contributed by atoms with van der Waals surface area (Å²) in [5.41, 5.74) is 1.15. The largest absolute Gasteiger partial charge is 0.340 e. The Hall–Kier alpha value is -0.830. The molecular formula is C10H19N3. The number of rotatable bonds is 5. The highest BCUT2D eigenvalue weighted by atomic mass is 15.0. The van der Waals surface area contributed by atoms with Crippen LogP contribution in [0.2, 0.25) is 0 Å². The Bertz CT molecular complexity index is 242. The lowest BCUT2D eigenvalue weighted by Gasteiger charge is -2.13. The molecule has 74 valence electrons. The van der Waals surface area contributed by atoms with E-state index in [4.69, 9.17) is 0 Å². The van der Waals surface area contributed by atoms with Gasteiger partial charge in [-0.1, -0.05) is 13.8 Å². The van der Waals surface area contributed by atoms with Gasteiger partial charge in [-0.15, -0.1) is 0 Å². The van der Waals surface area contributed by atoms with Crippen LogP contribution in [0.25, 0.3) is 0 Å². The molecule has 1 unspecified atom stereocenters. The maximum absolute atomic E-state index is 4.34. The first-order valence-electron chi connectivity index (χ1n) is 4.99. The van der Waals surface area contributed by atoms with Crippen molar-refractivity contribution in [3.63, 3.8) is 0 Å². The third-order valence-electron chi connectivity index (χ3n) is 2.13. The van der Waals surface area contributed by atoms with Crippen LogP contribution in [0, 0.1) is 0 Å². The summed E-state index contributed by atoms with van der Waals surface area (Å²) in [5, 5.41) is 3.47. The number of imidazole rings is 1. The van der Waals surface area contributed by atoms with Crippen LogP contribution in [-0.2, 0) is 7.05 Å². The van der Waals surface area contributed by atoms with Gasteiger partial charge >= 0.3 is 0 Å². The van der Waals surface area contributed by atoms with Gasteiger partial charge in [0, 0.05) is 13.2 Å². The van der Waals surface area contributed by atoms with Crippen molar-refractivity contribution < 1.29 is 0 Å². The summed E-state index contributed by atoms with van der Waals surface area (Å²) in [6, 6.07) is 0.418. The van der Waals surface area contributed by atoms with Crippen LogP contribution in [-0.4, -0.2) is 16.1 Å². The van der Waals surface area contributed by atoms with Gasteiger partial charge in [0.15, 0.2) is 0 Å². The molecule has 0 amide bonds. The molecule has 0 aliphatic heterocycles. The standard InChI is InChI=1S/C10H19N3/c1-4-6-11-9(5-2)10-7-13(3)8-12-10/h7-9,11H,4-6H2,1-3H3. The zero-order chi connectivity index (χ0) is 9.68. The minimum absolute atomic E-state index is 0.418. The molecule has 0 aliphatic carbocycles. The molecule has 0 bridgehead atoms. The van der Waals surface area contributed by atoms with Crippen LogP contribution in [0.15, 0.2) is 12.5 Å². The molecule has 0 aliphatic rings. The van der Waals surface area contributed by atoms with Gasteiger partial charge in [-0.3, -0.25) is 0 Å². The molecule has 1 rings (SSSR count). The summed E-state index contributed by atoms with van der Waals surface area (Å²) in [5.74, 6) is 0. The molecule has 1 heterocycles. The summed E-state index contributed by atoms with van der Waals surface area (Å²) in [6.07, 6.45) is 6.20. The second kappa shape index (κ2) is 5.02. The molecule has 0 spiro atoms. The monoisotopic (exact) mass is 181 g/mol. The van der Waals surface area contributed by atoms with E-state index in [9.17, 15) is 0 Å². The summed E-state index contributed by atoms with van der Waals surface area (Å²) in [4.78, 5) is 4.34. The van der Waals surface area contributed by atoms with Crippen LogP contribution in [0.3, 0.4) is 0 Å². The number of aromatic nitrogens is 2. The van der Waals surface area contributed by atoms with Gasteiger partial charge in [0.1, 0.15) is 0 Å². The van der Waals surface area contributed by atoms with E-state index in [-0.39, 0.29) is 0 Å². The minimum atomic E-state index is 0.418. The predicted molar refractivity (Wildman–Crippen MR) is 54.5 cm³/mol. The summed E-state index contributed by atoms with van der Waals surface area (Å²) in [7, 11) is 2.00. The Labute approximate surface area is 80.2 Å². The van der Waals surface area contributed by atoms with Gasteiger partial charge in [-0.2, -0.15) is 0 Å². The SMILES string of the molecule is CCCNC(CC)c1cn(C)cn1. The first kappa shape index (κ1) is 10.3. The van der Waals surface area contributed by atoms with E-state index in [1.54, 1.807) is 0 Å². The fourth-order valence-corrected chi connectivity index (χ4v) is 1.39. The van der Waals surface area contributed by atoms with Crippen molar-refractivity contribution in [2.75, 3.05) is 6.54 Å². The van der Waals surface area contributed by atoms with E-state index < -0.39 is 0 Å². The number of hydrogen-bond acceptors (Lipinski definition) is 2. The molecule has 13 heavy (non-hydrogen) atoms. The van der Waals surface area contributed by atoms with E-state index >= 15 is 0 Å². The lowest BCUT2D eigenvalue weighted by Crippen LogP contribution is -2.21. The van der Waals surface area contributed by atoms with Crippen molar-refractivity contribution in [2.24, 2.45) is 7.05 Å². The molecule has 1 N–H and O–H groups in total. The number of hydrogen-bond donors (Lipinski definition) is 1. The molecule has 0 saturated heterocycles. The normalized spacial score (nSPS) is 13.2. The maximum atomic E-state index is 4.34. The minimum Gasteiger partial charge on any atom is -0.340 e. The lowest BCUT2D eigenvalue weighted by molar-refractivity contribution is 0.508. The Morgan fingerprint density at radius 3 is 2.77 bits per heavy atom. The zero-order valence-corrected chi connectivity index (χ0v) is 8.75. The van der Waals surface area contributed by atoms with Crippen LogP contribution >= 0.6 is 0 Å². The van der Waals surface area contributed by atoms with E-state index in [1.807, 2.05) is 17.9 Å². The van der Waals surface area contributed by atoms with Gasteiger partial charge in [-0.05, 0) is 19.4 Å². The smallest absolute Gasteiger partial charge is 0.0947 e. The third-order valence-corrected chi connectivity index (χ3v) is 2.13. The highest BCUT2D eigenvalue weighted by Gasteiger charge is 2.09. The maximum Gasteiger partial charge on any atom is 0.0947 e. The van der Waals surface area contributed by atoms with Crippen LogP contribution in [0.5, 0.6) is 0 Å². The summed E-state index contributed by atoms with van der Waals surface area (Å²) in [6.45, 7) is 5.43. The van der Waals surface area contributed by atoms with Crippen molar-refractivity contribution in [1.29, 1.82) is 0 Å². The van der Waals surface area contributed by atoms with Crippen molar-refractivity contribution in [1.82, 2.24) is 14.9 Å². The van der Waals surface area contributed by atoms with E-state index in [1.165, 1.54) is 6.42 Å². The van der Waals surface area contributed by atoms with Crippen LogP contribution in [0.1, 0.15) is 38.4 Å². The second-order valence-electron chi connectivity index (χ2n) is 3.38. The van der Waals surface area contributed by atoms with Crippen molar-refractivity contribution in [3.8, 4) is 0 Å². The molecular weight excluding hydrogens is 162 g/mol. The molecule has 0 fully saturated rings. The van der Waals surface area contributed by atoms with Crippen molar-refractivity contribution in [3.05, 3.63) is 18.2 Å². The molecule has 0 saturated carbocycles. The van der Waals surface area contributed by atoms with Gasteiger partial charge in [0.2, 0.25) is 0 Å². The first-order chi connectivity index (χ1) is 6.27. The molecule has 0 aromatic carbocycles. The summed E-state index contributed by atoms with van der Waals surface area (Å²) < 4.78 is 1.99. The van der Waals surface area contributed by atoms with Crippen LogP contribution in [0.4, 0.5) is 0 Å². The fraction of sp³-hybridized carbons (Fsp3) is 0.700. The Kier molecular flexibility index (Phi) is 3.96. The van der Waals surface area contributed by atoms with Crippen molar-refractivity contribution >= 4 is 0 Å². The molecule has 0 radical (unpaired) electrons. The van der Waals surface area contributed by atoms with Gasteiger partial charge in [-0.25, -0.2) is 4.98 Å². The predicted octanol–water partition coefficient (Wildman–Crippen LogP) is 1.87. The van der Waals surface area contributed by atoms with E-state index in [0.717, 1.165) is 18.7 Å². The second-order valence-corrected chi connectivity index (χ2v) is 3.38. The molecule has 1 atom stereocenters. The summed E-state index contributed by atoms with van der Waals surface area (Å²) >= 11 is 0. The fourth-order valence-electron chi connectivity index (χ4n) is 1.39. The number of nitrogens with zero attached hydrogens (tertiary/aromatic N) is 2. The zero-order valence-electron chi connectivity index (χ0n) is 8.75. The van der Waals surface area contributed by atoms with E-state index in [2.05, 4.69) is 30.3 Å². The molecule has 1 aromatic rings. The number of nitrogens with one attached hydrogen (secondary N) is 1. The molecule has 3 nitrogen and oxygen atoms in total. The average molecular weight is 181 g/mol. The first-order valence-corrected chi connectivity index (χ1v) is 4.99. The van der Waals surface area contributed by atoms with Crippen molar-refractivity contribution in [2.45, 2.75) is 32.7 Å².